The van der Waals surface area contributed by atoms with Gasteiger partial charge in [-0.2, -0.15) is 0 Å². The van der Waals surface area contributed by atoms with Crippen molar-refractivity contribution in [2.24, 2.45) is 0 Å². The lowest BCUT2D eigenvalue weighted by atomic mass is 9.85. The molecular formula is C35H24Br2. The summed E-state index contributed by atoms with van der Waals surface area (Å²) in [6, 6.07) is 35.3. The maximum Gasteiger partial charge on any atom is 0.0181 e. The van der Waals surface area contributed by atoms with Gasteiger partial charge in [0, 0.05) is 8.95 Å². The lowest BCUT2D eigenvalue weighted by Crippen LogP contribution is -1.92. The standard InChI is InChI=1S/C35H24Br2/c1-3-7-24-18-26(12-10-22(24)4-2)34-30-16-14-29(37)21-33(30)35(31-17-15-28(36)20-32(31)34)27-13-11-23-8-5-6-9-25(23)19-27/h3-21H,2H2,1H3/b7-3-. The monoisotopic (exact) mass is 602 g/mol. The van der Waals surface area contributed by atoms with Gasteiger partial charge in [-0.25, -0.2) is 0 Å². The number of benzene rings is 6. The smallest absolute Gasteiger partial charge is 0.0181 e. The predicted octanol–water partition coefficient (Wildman–Crippen LogP) is 11.7. The van der Waals surface area contributed by atoms with Gasteiger partial charge in [-0.05, 0) is 109 Å². The highest BCUT2D eigenvalue weighted by Crippen LogP contribution is 2.45. The third-order valence-corrected chi connectivity index (χ3v) is 8.01. The molecule has 37 heavy (non-hydrogen) atoms. The maximum atomic E-state index is 4.02. The highest BCUT2D eigenvalue weighted by Gasteiger charge is 2.18. The number of hydrogen-bond acceptors (Lipinski definition) is 0. The molecule has 0 aromatic heterocycles. The average Bonchev–Trinajstić information content (AvgIpc) is 2.91. The fourth-order valence-corrected chi connectivity index (χ4v) is 6.10. The van der Waals surface area contributed by atoms with E-state index in [1.807, 2.05) is 6.08 Å². The summed E-state index contributed by atoms with van der Waals surface area (Å²) in [6.45, 7) is 6.07. The normalized spacial score (nSPS) is 11.6. The van der Waals surface area contributed by atoms with E-state index in [0.717, 1.165) is 14.5 Å². The molecule has 0 radical (unpaired) electrons. The van der Waals surface area contributed by atoms with Gasteiger partial charge in [-0.3, -0.25) is 0 Å². The van der Waals surface area contributed by atoms with E-state index in [1.54, 1.807) is 0 Å². The van der Waals surface area contributed by atoms with Gasteiger partial charge in [0.15, 0.2) is 0 Å². The second kappa shape index (κ2) is 9.78. The molecular weight excluding hydrogens is 580 g/mol. The first kappa shape index (κ1) is 23.9. The number of halogens is 2. The van der Waals surface area contributed by atoms with Gasteiger partial charge < -0.3 is 0 Å². The van der Waals surface area contributed by atoms with E-state index in [0.29, 0.717) is 0 Å². The molecule has 178 valence electrons. The Morgan fingerprint density at radius 2 is 1.16 bits per heavy atom. The number of allylic oxidation sites excluding steroid dienone is 1. The van der Waals surface area contributed by atoms with Crippen molar-refractivity contribution in [1.82, 2.24) is 0 Å². The lowest BCUT2D eigenvalue weighted by Gasteiger charge is -2.19. The summed E-state index contributed by atoms with van der Waals surface area (Å²) in [5.74, 6) is 0. The van der Waals surface area contributed by atoms with E-state index in [1.165, 1.54) is 60.1 Å². The summed E-state index contributed by atoms with van der Waals surface area (Å²) < 4.78 is 2.14. The molecule has 0 bridgehead atoms. The summed E-state index contributed by atoms with van der Waals surface area (Å²) in [5.41, 5.74) is 7.21. The number of rotatable bonds is 4. The van der Waals surface area contributed by atoms with Crippen LogP contribution < -0.4 is 0 Å². The topological polar surface area (TPSA) is 0 Å². The van der Waals surface area contributed by atoms with Crippen LogP contribution in [-0.4, -0.2) is 0 Å². The van der Waals surface area contributed by atoms with Gasteiger partial charge in [0.05, 0.1) is 0 Å². The first-order valence-electron chi connectivity index (χ1n) is 12.3. The van der Waals surface area contributed by atoms with Gasteiger partial charge in [0.2, 0.25) is 0 Å². The molecule has 0 saturated carbocycles. The fraction of sp³-hybridized carbons (Fsp3) is 0.0286. The minimum Gasteiger partial charge on any atom is -0.0984 e. The Kier molecular flexibility index (Phi) is 6.32. The molecule has 0 atom stereocenters. The quantitative estimate of drug-likeness (QED) is 0.176. The van der Waals surface area contributed by atoms with Crippen LogP contribution >= 0.6 is 31.9 Å². The van der Waals surface area contributed by atoms with E-state index < -0.39 is 0 Å². The maximum absolute atomic E-state index is 4.02. The van der Waals surface area contributed by atoms with Crippen molar-refractivity contribution < 1.29 is 0 Å². The molecule has 6 aromatic carbocycles. The van der Waals surface area contributed by atoms with Crippen molar-refractivity contribution in [3.63, 3.8) is 0 Å². The molecule has 0 spiro atoms. The van der Waals surface area contributed by atoms with Crippen molar-refractivity contribution in [2.75, 3.05) is 0 Å². The largest absolute Gasteiger partial charge is 0.0984 e. The predicted molar refractivity (Wildman–Crippen MR) is 170 cm³/mol. The van der Waals surface area contributed by atoms with Crippen LogP contribution in [0.3, 0.4) is 0 Å². The third kappa shape index (κ3) is 4.25. The van der Waals surface area contributed by atoms with Crippen LogP contribution in [0.2, 0.25) is 0 Å². The molecule has 0 aliphatic heterocycles. The Balaban J connectivity index is 1.77. The molecule has 0 amide bonds. The van der Waals surface area contributed by atoms with Crippen LogP contribution in [0.1, 0.15) is 18.1 Å². The first-order valence-corrected chi connectivity index (χ1v) is 13.9. The second-order valence-electron chi connectivity index (χ2n) is 9.24. The van der Waals surface area contributed by atoms with Crippen molar-refractivity contribution >= 4 is 76.3 Å². The molecule has 0 N–H and O–H groups in total. The first-order chi connectivity index (χ1) is 18.1. The molecule has 0 fully saturated rings. The molecule has 0 aliphatic rings. The van der Waals surface area contributed by atoms with Crippen molar-refractivity contribution in [3.8, 4) is 22.3 Å². The van der Waals surface area contributed by atoms with E-state index in [2.05, 4.69) is 155 Å². The zero-order valence-electron chi connectivity index (χ0n) is 20.4. The Morgan fingerprint density at radius 3 is 1.78 bits per heavy atom. The van der Waals surface area contributed by atoms with Crippen molar-refractivity contribution in [2.45, 2.75) is 6.92 Å². The SMILES string of the molecule is C=Cc1ccc(-c2c3ccc(Br)cc3c(-c3ccc4ccccc4c3)c3ccc(Br)cc23)cc1/C=C\C. The average molecular weight is 604 g/mol. The fourth-order valence-electron chi connectivity index (χ4n) is 5.38. The Labute approximate surface area is 234 Å². The lowest BCUT2D eigenvalue weighted by molar-refractivity contribution is 1.59. The van der Waals surface area contributed by atoms with Crippen LogP contribution in [0.25, 0.3) is 66.7 Å². The number of fused-ring (bicyclic) bond motifs is 3. The zero-order valence-corrected chi connectivity index (χ0v) is 23.6. The van der Waals surface area contributed by atoms with Gasteiger partial charge in [-0.1, -0.05) is 117 Å². The van der Waals surface area contributed by atoms with Gasteiger partial charge in [0.25, 0.3) is 0 Å². The summed E-state index contributed by atoms with van der Waals surface area (Å²) in [6.07, 6.45) is 6.16. The second-order valence-corrected chi connectivity index (χ2v) is 11.1. The van der Waals surface area contributed by atoms with E-state index in [-0.39, 0.29) is 0 Å². The molecule has 6 aromatic rings. The van der Waals surface area contributed by atoms with Gasteiger partial charge in [-0.15, -0.1) is 0 Å². The van der Waals surface area contributed by atoms with Gasteiger partial charge in [0.1, 0.15) is 0 Å². The van der Waals surface area contributed by atoms with Crippen LogP contribution in [0, 0.1) is 0 Å². The van der Waals surface area contributed by atoms with Crippen LogP contribution in [0.4, 0.5) is 0 Å². The molecule has 0 unspecified atom stereocenters. The minimum absolute atomic E-state index is 1.07. The molecule has 2 heteroatoms. The molecule has 0 heterocycles. The Bertz CT molecular complexity index is 1880. The van der Waals surface area contributed by atoms with E-state index in [9.17, 15) is 0 Å². The van der Waals surface area contributed by atoms with Crippen LogP contribution in [0.15, 0.2) is 119 Å². The number of hydrogen-bond donors (Lipinski definition) is 0. The van der Waals surface area contributed by atoms with E-state index in [4.69, 9.17) is 0 Å². The van der Waals surface area contributed by atoms with Crippen molar-refractivity contribution in [3.05, 3.63) is 130 Å². The zero-order chi connectivity index (χ0) is 25.5. The third-order valence-electron chi connectivity index (χ3n) is 7.02. The minimum atomic E-state index is 1.07. The molecule has 0 nitrogen and oxygen atoms in total. The summed E-state index contributed by atoms with van der Waals surface area (Å²) in [5, 5.41) is 7.42. The van der Waals surface area contributed by atoms with Crippen LogP contribution in [-0.2, 0) is 0 Å². The summed E-state index contributed by atoms with van der Waals surface area (Å²) >= 11 is 7.52. The summed E-state index contributed by atoms with van der Waals surface area (Å²) in [7, 11) is 0. The molecule has 0 saturated heterocycles. The van der Waals surface area contributed by atoms with Gasteiger partial charge >= 0.3 is 0 Å². The van der Waals surface area contributed by atoms with Crippen molar-refractivity contribution in [1.29, 1.82) is 0 Å². The van der Waals surface area contributed by atoms with E-state index >= 15 is 0 Å². The highest BCUT2D eigenvalue weighted by atomic mass is 79.9. The summed E-state index contributed by atoms with van der Waals surface area (Å²) in [4.78, 5) is 0. The molecule has 6 rings (SSSR count). The Morgan fingerprint density at radius 1 is 0.568 bits per heavy atom. The van der Waals surface area contributed by atoms with Crippen LogP contribution in [0.5, 0.6) is 0 Å². The Hall–Kier alpha value is -3.46. The highest BCUT2D eigenvalue weighted by molar-refractivity contribution is 9.10. The molecule has 0 aliphatic carbocycles.